The summed E-state index contributed by atoms with van der Waals surface area (Å²) in [5, 5.41) is 0. The first-order valence-electron chi connectivity index (χ1n) is 6.83. The Hall–Kier alpha value is -1.42. The van der Waals surface area contributed by atoms with Crippen molar-refractivity contribution in [3.05, 3.63) is 36.3 Å². The van der Waals surface area contributed by atoms with Crippen molar-refractivity contribution in [1.82, 2.24) is 0 Å². The lowest BCUT2D eigenvalue weighted by molar-refractivity contribution is 0.212. The largest absolute Gasteiger partial charge is 0.520 e. The van der Waals surface area contributed by atoms with E-state index in [-0.39, 0.29) is 5.41 Å². The zero-order valence-electron chi connectivity index (χ0n) is 13.6. The molecule has 0 saturated heterocycles. The molecule has 1 aromatic carbocycles. The molecule has 0 radical (unpaired) electrons. The van der Waals surface area contributed by atoms with E-state index < -0.39 is 8.32 Å². The van der Waals surface area contributed by atoms with Crippen LogP contribution in [-0.4, -0.2) is 15.4 Å². The Bertz CT molecular complexity index is 450. The highest BCUT2D eigenvalue weighted by atomic mass is 28.4. The summed E-state index contributed by atoms with van der Waals surface area (Å²) < 4.78 is 17.0. The van der Waals surface area contributed by atoms with Crippen LogP contribution in [-0.2, 0) is 4.43 Å². The Kier molecular flexibility index (Phi) is 5.28. The zero-order chi connectivity index (χ0) is 15.4. The van der Waals surface area contributed by atoms with Gasteiger partial charge in [0.1, 0.15) is 11.5 Å². The second-order valence-corrected chi connectivity index (χ2v) is 11.3. The van der Waals surface area contributed by atoms with Gasteiger partial charge in [-0.25, -0.2) is 0 Å². The highest BCUT2D eigenvalue weighted by Gasteiger charge is 2.21. The lowest BCUT2D eigenvalue weighted by Crippen LogP contribution is -2.27. The third-order valence-corrected chi connectivity index (χ3v) is 3.05. The quantitative estimate of drug-likeness (QED) is 0.576. The molecule has 0 unspecified atom stereocenters. The van der Waals surface area contributed by atoms with Crippen molar-refractivity contribution in [2.75, 3.05) is 7.11 Å². The van der Waals surface area contributed by atoms with Crippen LogP contribution in [0.5, 0.6) is 11.5 Å². The molecule has 20 heavy (non-hydrogen) atoms. The number of allylic oxidation sites excluding steroid dienone is 1. The number of methoxy groups -OCH3 is 1. The van der Waals surface area contributed by atoms with Crippen molar-refractivity contribution in [1.29, 1.82) is 0 Å². The summed E-state index contributed by atoms with van der Waals surface area (Å²) >= 11 is 0. The Morgan fingerprint density at radius 1 is 1.00 bits per heavy atom. The molecular weight excluding hydrogens is 268 g/mol. The van der Waals surface area contributed by atoms with Gasteiger partial charge in [-0.3, -0.25) is 0 Å². The molecule has 3 nitrogen and oxygen atoms in total. The van der Waals surface area contributed by atoms with Crippen molar-refractivity contribution in [3.63, 3.8) is 0 Å². The van der Waals surface area contributed by atoms with Crippen molar-refractivity contribution in [2.24, 2.45) is 5.41 Å². The maximum atomic E-state index is 6.02. The second kappa shape index (κ2) is 6.35. The Morgan fingerprint density at radius 2 is 1.50 bits per heavy atom. The molecule has 0 heterocycles. The van der Waals surface area contributed by atoms with Crippen molar-refractivity contribution in [2.45, 2.75) is 40.4 Å². The van der Waals surface area contributed by atoms with Gasteiger partial charge in [-0.15, -0.1) is 0 Å². The van der Waals surface area contributed by atoms with E-state index in [2.05, 4.69) is 40.4 Å². The molecule has 0 bridgehead atoms. The summed E-state index contributed by atoms with van der Waals surface area (Å²) in [4.78, 5) is 0. The van der Waals surface area contributed by atoms with E-state index in [1.165, 1.54) is 0 Å². The van der Waals surface area contributed by atoms with Crippen LogP contribution in [0, 0.1) is 5.41 Å². The molecule has 1 rings (SSSR count). The summed E-state index contributed by atoms with van der Waals surface area (Å²) in [6.45, 7) is 12.8. The molecule has 0 aromatic heterocycles. The lowest BCUT2D eigenvalue weighted by Gasteiger charge is -2.24. The molecule has 1 aromatic rings. The van der Waals surface area contributed by atoms with E-state index in [1.54, 1.807) is 7.11 Å². The molecular formula is C16H26O3Si. The van der Waals surface area contributed by atoms with E-state index in [4.69, 9.17) is 13.9 Å². The summed E-state index contributed by atoms with van der Waals surface area (Å²) in [7, 11) is -0.0618. The minimum atomic E-state index is -1.71. The van der Waals surface area contributed by atoms with Gasteiger partial charge in [-0.2, -0.15) is 0 Å². The normalized spacial score (nSPS) is 13.1. The van der Waals surface area contributed by atoms with Crippen LogP contribution in [0.1, 0.15) is 20.8 Å². The Morgan fingerprint density at radius 3 is 1.90 bits per heavy atom. The number of benzene rings is 1. The summed E-state index contributed by atoms with van der Waals surface area (Å²) in [6, 6.07) is 7.50. The minimum Gasteiger partial charge on any atom is -0.520 e. The van der Waals surface area contributed by atoms with Crippen molar-refractivity contribution < 1.29 is 13.9 Å². The fourth-order valence-corrected chi connectivity index (χ4v) is 2.20. The molecule has 0 saturated carbocycles. The van der Waals surface area contributed by atoms with E-state index in [1.807, 2.05) is 30.3 Å². The van der Waals surface area contributed by atoms with Gasteiger partial charge in [0.05, 0.1) is 7.11 Å². The second-order valence-electron chi connectivity index (χ2n) is 6.82. The summed E-state index contributed by atoms with van der Waals surface area (Å²) in [5.41, 5.74) is 0.00144. The number of ether oxygens (including phenoxy) is 2. The van der Waals surface area contributed by atoms with Gasteiger partial charge in [-0.05, 0) is 49.3 Å². The predicted molar refractivity (Wildman–Crippen MR) is 85.6 cm³/mol. The van der Waals surface area contributed by atoms with Crippen LogP contribution in [0.15, 0.2) is 36.3 Å². The SMILES string of the molecule is COc1ccc(O/C(=C/C(C)(C)C)O[Si](C)(C)C)cc1. The molecule has 0 aliphatic heterocycles. The fraction of sp³-hybridized carbons (Fsp3) is 0.500. The highest BCUT2D eigenvalue weighted by molar-refractivity contribution is 6.70. The molecule has 0 amide bonds. The van der Waals surface area contributed by atoms with Gasteiger partial charge in [-0.1, -0.05) is 20.8 Å². The van der Waals surface area contributed by atoms with Gasteiger partial charge >= 0.3 is 0 Å². The standard InChI is InChI=1S/C16H26O3Si/c1-16(2,3)12-15(19-20(5,6)7)18-14-10-8-13(17-4)9-11-14/h8-12H,1-7H3/b15-12-. The molecule has 0 spiro atoms. The average molecular weight is 294 g/mol. The molecule has 112 valence electrons. The van der Waals surface area contributed by atoms with Crippen LogP contribution in [0.25, 0.3) is 0 Å². The van der Waals surface area contributed by atoms with E-state index in [0.29, 0.717) is 5.95 Å². The van der Waals surface area contributed by atoms with Crippen molar-refractivity contribution in [3.8, 4) is 11.5 Å². The van der Waals surface area contributed by atoms with Gasteiger partial charge in [0.2, 0.25) is 8.32 Å². The monoisotopic (exact) mass is 294 g/mol. The average Bonchev–Trinajstić information content (AvgIpc) is 2.25. The molecule has 4 heteroatoms. The van der Waals surface area contributed by atoms with E-state index in [0.717, 1.165) is 11.5 Å². The first-order valence-corrected chi connectivity index (χ1v) is 10.2. The first-order chi connectivity index (χ1) is 9.09. The fourth-order valence-electron chi connectivity index (χ4n) is 1.50. The molecule has 0 aliphatic rings. The molecule has 0 N–H and O–H groups in total. The van der Waals surface area contributed by atoms with Crippen LogP contribution in [0.4, 0.5) is 0 Å². The number of hydrogen-bond donors (Lipinski definition) is 0. The molecule has 0 fully saturated rings. The lowest BCUT2D eigenvalue weighted by atomic mass is 9.97. The van der Waals surface area contributed by atoms with Crippen LogP contribution in [0.3, 0.4) is 0 Å². The third kappa shape index (κ3) is 6.66. The van der Waals surface area contributed by atoms with Gasteiger partial charge < -0.3 is 13.9 Å². The van der Waals surface area contributed by atoms with Crippen LogP contribution >= 0.6 is 0 Å². The predicted octanol–water partition coefficient (Wildman–Crippen LogP) is 4.81. The van der Waals surface area contributed by atoms with E-state index in [9.17, 15) is 0 Å². The van der Waals surface area contributed by atoms with Crippen LogP contribution < -0.4 is 9.47 Å². The smallest absolute Gasteiger partial charge is 0.267 e. The maximum absolute atomic E-state index is 6.02. The van der Waals surface area contributed by atoms with Gasteiger partial charge in [0.25, 0.3) is 5.95 Å². The topological polar surface area (TPSA) is 27.7 Å². The minimum absolute atomic E-state index is 0.00144. The first kappa shape index (κ1) is 16.6. The number of hydrogen-bond acceptors (Lipinski definition) is 3. The van der Waals surface area contributed by atoms with Gasteiger partial charge in [0.15, 0.2) is 0 Å². The number of rotatable bonds is 5. The Labute approximate surface area is 123 Å². The molecule has 0 aliphatic carbocycles. The Balaban J connectivity index is 2.91. The third-order valence-electron chi connectivity index (χ3n) is 2.24. The van der Waals surface area contributed by atoms with Crippen molar-refractivity contribution >= 4 is 8.32 Å². The highest BCUT2D eigenvalue weighted by Crippen LogP contribution is 2.25. The summed E-state index contributed by atoms with van der Waals surface area (Å²) in [6.07, 6.45) is 2.02. The summed E-state index contributed by atoms with van der Waals surface area (Å²) in [5.74, 6) is 2.14. The molecule has 0 atom stereocenters. The van der Waals surface area contributed by atoms with E-state index >= 15 is 0 Å². The van der Waals surface area contributed by atoms with Gasteiger partial charge in [0, 0.05) is 6.08 Å². The van der Waals surface area contributed by atoms with Crippen LogP contribution in [0.2, 0.25) is 19.6 Å². The zero-order valence-corrected chi connectivity index (χ0v) is 14.6. The maximum Gasteiger partial charge on any atom is 0.267 e.